The minimum atomic E-state index is 0.165. The van der Waals surface area contributed by atoms with Crippen molar-refractivity contribution in [2.24, 2.45) is 0 Å². The van der Waals surface area contributed by atoms with E-state index in [4.69, 9.17) is 21.1 Å². The van der Waals surface area contributed by atoms with E-state index in [-0.39, 0.29) is 6.04 Å². The fraction of sp³-hybridized carbons (Fsp3) is 0.667. The van der Waals surface area contributed by atoms with Crippen LogP contribution in [0.15, 0.2) is 12.1 Å². The second-order valence-electron chi connectivity index (χ2n) is 6.24. The third-order valence-electron chi connectivity index (χ3n) is 5.01. The third-order valence-corrected chi connectivity index (χ3v) is 5.31. The van der Waals surface area contributed by atoms with Crippen LogP contribution < -0.4 is 9.47 Å². The van der Waals surface area contributed by atoms with Crippen molar-refractivity contribution in [1.29, 1.82) is 0 Å². The van der Waals surface area contributed by atoms with Crippen LogP contribution in [0.1, 0.15) is 38.3 Å². The van der Waals surface area contributed by atoms with Gasteiger partial charge in [0.05, 0.1) is 24.8 Å². The molecule has 1 aromatic carbocycles. The first-order valence-electron chi connectivity index (χ1n) is 8.38. The average molecular weight is 341 g/mol. The molecule has 0 amide bonds. The molecule has 5 heteroatoms. The molecule has 0 saturated carbocycles. The molecular formula is C18H29ClN2O2. The Balaban J connectivity index is 2.21. The van der Waals surface area contributed by atoms with Crippen molar-refractivity contribution in [3.63, 3.8) is 0 Å². The smallest absolute Gasteiger partial charge is 0.145 e. The Labute approximate surface area is 145 Å². The monoisotopic (exact) mass is 340 g/mol. The van der Waals surface area contributed by atoms with Crippen LogP contribution in [0.2, 0.25) is 5.02 Å². The summed E-state index contributed by atoms with van der Waals surface area (Å²) in [6, 6.07) is 4.53. The van der Waals surface area contributed by atoms with Gasteiger partial charge in [0.15, 0.2) is 0 Å². The van der Waals surface area contributed by atoms with Crippen LogP contribution in [-0.2, 0) is 0 Å². The van der Waals surface area contributed by atoms with Crippen molar-refractivity contribution in [2.75, 3.05) is 40.9 Å². The van der Waals surface area contributed by atoms with Crippen LogP contribution in [0, 0.1) is 0 Å². The van der Waals surface area contributed by atoms with Crippen molar-refractivity contribution < 1.29 is 9.47 Å². The lowest BCUT2D eigenvalue weighted by molar-refractivity contribution is 0.167. The molecule has 23 heavy (non-hydrogen) atoms. The van der Waals surface area contributed by atoms with Crippen molar-refractivity contribution in [3.05, 3.63) is 22.7 Å². The summed E-state index contributed by atoms with van der Waals surface area (Å²) in [6.07, 6.45) is 2.57. The predicted octanol–water partition coefficient (Wildman–Crippen LogP) is 3.83. The standard InChI is InChI=1S/C18H29ClN2O2/c1-6-21-11-7-8-14(21)12-20(3)13(2)17-16(22-4)10-9-15(19)18(17)23-5/h9-10,13-14H,6-8,11-12H2,1-5H3. The molecule has 0 aliphatic carbocycles. The van der Waals surface area contributed by atoms with Gasteiger partial charge in [-0.3, -0.25) is 9.80 Å². The lowest BCUT2D eigenvalue weighted by Crippen LogP contribution is -2.39. The van der Waals surface area contributed by atoms with E-state index in [1.165, 1.54) is 19.4 Å². The number of hydrogen-bond donors (Lipinski definition) is 0. The lowest BCUT2D eigenvalue weighted by Gasteiger charge is -2.33. The number of rotatable bonds is 7. The summed E-state index contributed by atoms with van der Waals surface area (Å²) in [5, 5.41) is 0.625. The maximum atomic E-state index is 6.32. The number of benzene rings is 1. The first-order chi connectivity index (χ1) is 11.0. The van der Waals surface area contributed by atoms with Crippen molar-refractivity contribution in [2.45, 2.75) is 38.8 Å². The molecule has 0 radical (unpaired) electrons. The molecule has 2 unspecified atom stereocenters. The third kappa shape index (κ3) is 3.93. The van der Waals surface area contributed by atoms with Crippen LogP contribution in [-0.4, -0.2) is 56.7 Å². The highest BCUT2D eigenvalue weighted by Crippen LogP contribution is 2.41. The number of methoxy groups -OCH3 is 2. The van der Waals surface area contributed by atoms with Crippen LogP contribution in [0.3, 0.4) is 0 Å². The molecule has 0 bridgehead atoms. The van der Waals surface area contributed by atoms with Gasteiger partial charge in [0.25, 0.3) is 0 Å². The summed E-state index contributed by atoms with van der Waals surface area (Å²) in [5.74, 6) is 1.54. The van der Waals surface area contributed by atoms with Crippen LogP contribution in [0.25, 0.3) is 0 Å². The maximum absolute atomic E-state index is 6.32. The molecule has 1 aliphatic heterocycles. The minimum Gasteiger partial charge on any atom is -0.496 e. The summed E-state index contributed by atoms with van der Waals surface area (Å²) in [7, 11) is 5.51. The van der Waals surface area contributed by atoms with Gasteiger partial charge in [-0.15, -0.1) is 0 Å². The Morgan fingerprint density at radius 3 is 2.70 bits per heavy atom. The van der Waals surface area contributed by atoms with Gasteiger partial charge in [-0.05, 0) is 52.0 Å². The van der Waals surface area contributed by atoms with Gasteiger partial charge >= 0.3 is 0 Å². The molecule has 1 saturated heterocycles. The quantitative estimate of drug-likeness (QED) is 0.753. The number of likely N-dealkylation sites (tertiary alicyclic amines) is 1. The number of halogens is 1. The Bertz CT molecular complexity index is 524. The van der Waals surface area contributed by atoms with E-state index in [0.717, 1.165) is 24.4 Å². The molecule has 1 aromatic rings. The van der Waals surface area contributed by atoms with Crippen molar-refractivity contribution in [3.8, 4) is 11.5 Å². The first kappa shape index (κ1) is 18.4. The average Bonchev–Trinajstić information content (AvgIpc) is 3.00. The zero-order chi connectivity index (χ0) is 17.0. The van der Waals surface area contributed by atoms with E-state index < -0.39 is 0 Å². The number of nitrogens with zero attached hydrogens (tertiary/aromatic N) is 2. The topological polar surface area (TPSA) is 24.9 Å². The molecule has 0 aromatic heterocycles. The van der Waals surface area contributed by atoms with Crippen molar-refractivity contribution >= 4 is 11.6 Å². The van der Waals surface area contributed by atoms with Gasteiger partial charge in [0, 0.05) is 18.6 Å². The molecule has 2 rings (SSSR count). The number of likely N-dealkylation sites (N-methyl/N-ethyl adjacent to an activating group) is 2. The molecule has 4 nitrogen and oxygen atoms in total. The van der Waals surface area contributed by atoms with E-state index in [1.807, 2.05) is 12.1 Å². The second kappa shape index (κ2) is 8.22. The fourth-order valence-corrected chi connectivity index (χ4v) is 3.81. The molecule has 2 atom stereocenters. The van der Waals surface area contributed by atoms with E-state index in [1.54, 1.807) is 14.2 Å². The second-order valence-corrected chi connectivity index (χ2v) is 6.64. The Morgan fingerprint density at radius 1 is 1.35 bits per heavy atom. The highest BCUT2D eigenvalue weighted by atomic mass is 35.5. The summed E-state index contributed by atoms with van der Waals surface area (Å²) < 4.78 is 11.1. The Hall–Kier alpha value is -0.970. The highest BCUT2D eigenvalue weighted by molar-refractivity contribution is 6.32. The summed E-state index contributed by atoms with van der Waals surface area (Å²) >= 11 is 6.32. The fourth-order valence-electron chi connectivity index (χ4n) is 3.57. The Kier molecular flexibility index (Phi) is 6.57. The van der Waals surface area contributed by atoms with E-state index in [0.29, 0.717) is 16.8 Å². The summed E-state index contributed by atoms with van der Waals surface area (Å²) in [6.45, 7) is 7.80. The Morgan fingerprint density at radius 2 is 2.09 bits per heavy atom. The van der Waals surface area contributed by atoms with E-state index in [2.05, 4.69) is 30.7 Å². The highest BCUT2D eigenvalue weighted by Gasteiger charge is 2.28. The molecule has 130 valence electrons. The maximum Gasteiger partial charge on any atom is 0.145 e. The van der Waals surface area contributed by atoms with Gasteiger partial charge < -0.3 is 9.47 Å². The zero-order valence-electron chi connectivity index (χ0n) is 14.9. The minimum absolute atomic E-state index is 0.165. The van der Waals surface area contributed by atoms with Crippen LogP contribution in [0.5, 0.6) is 11.5 Å². The van der Waals surface area contributed by atoms with E-state index in [9.17, 15) is 0 Å². The molecular weight excluding hydrogens is 312 g/mol. The van der Waals surface area contributed by atoms with Gasteiger partial charge in [0.1, 0.15) is 11.5 Å². The molecule has 0 N–H and O–H groups in total. The van der Waals surface area contributed by atoms with Gasteiger partial charge in [0.2, 0.25) is 0 Å². The molecule has 1 aliphatic rings. The first-order valence-corrected chi connectivity index (χ1v) is 8.75. The molecule has 1 heterocycles. The van der Waals surface area contributed by atoms with Gasteiger partial charge in [-0.25, -0.2) is 0 Å². The number of hydrogen-bond acceptors (Lipinski definition) is 4. The van der Waals surface area contributed by atoms with E-state index >= 15 is 0 Å². The largest absolute Gasteiger partial charge is 0.496 e. The molecule has 0 spiro atoms. The lowest BCUT2D eigenvalue weighted by atomic mass is 10.0. The summed E-state index contributed by atoms with van der Waals surface area (Å²) in [5.41, 5.74) is 1.02. The molecule has 1 fully saturated rings. The van der Waals surface area contributed by atoms with Crippen LogP contribution in [0.4, 0.5) is 0 Å². The van der Waals surface area contributed by atoms with Crippen LogP contribution >= 0.6 is 11.6 Å². The SMILES string of the molecule is CCN1CCCC1CN(C)C(C)c1c(OC)ccc(Cl)c1OC. The van der Waals surface area contributed by atoms with Gasteiger partial charge in [-0.2, -0.15) is 0 Å². The predicted molar refractivity (Wildman–Crippen MR) is 95.9 cm³/mol. The number of ether oxygens (including phenoxy) is 2. The summed E-state index contributed by atoms with van der Waals surface area (Å²) in [4.78, 5) is 4.94. The van der Waals surface area contributed by atoms with Gasteiger partial charge in [-0.1, -0.05) is 18.5 Å². The zero-order valence-corrected chi connectivity index (χ0v) is 15.7. The normalized spacial score (nSPS) is 20.0. The van der Waals surface area contributed by atoms with Crippen molar-refractivity contribution in [1.82, 2.24) is 9.80 Å².